The van der Waals surface area contributed by atoms with Crippen molar-refractivity contribution >= 4 is 28.6 Å². The van der Waals surface area contributed by atoms with Gasteiger partial charge in [-0.3, -0.25) is 14.2 Å². The third-order valence-electron chi connectivity index (χ3n) is 4.94. The molecule has 0 unspecified atom stereocenters. The van der Waals surface area contributed by atoms with E-state index in [1.54, 1.807) is 42.5 Å². The van der Waals surface area contributed by atoms with Gasteiger partial charge in [0, 0.05) is 6.54 Å². The number of benzene rings is 2. The van der Waals surface area contributed by atoms with Gasteiger partial charge in [0.05, 0.1) is 47.6 Å². The highest BCUT2D eigenvalue weighted by Crippen LogP contribution is 2.23. The van der Waals surface area contributed by atoms with Gasteiger partial charge in [0.2, 0.25) is 5.91 Å². The van der Waals surface area contributed by atoms with E-state index in [9.17, 15) is 14.0 Å². The lowest BCUT2D eigenvalue weighted by Crippen LogP contribution is -2.33. The Balaban J connectivity index is 1.67. The van der Waals surface area contributed by atoms with Crippen molar-refractivity contribution in [3.63, 3.8) is 0 Å². The summed E-state index contributed by atoms with van der Waals surface area (Å²) in [6, 6.07) is 18.3. The van der Waals surface area contributed by atoms with Crippen LogP contribution >= 0.6 is 11.8 Å². The van der Waals surface area contributed by atoms with Crippen molar-refractivity contribution in [2.75, 3.05) is 12.3 Å². The van der Waals surface area contributed by atoms with E-state index in [0.717, 1.165) is 11.8 Å². The van der Waals surface area contributed by atoms with E-state index in [1.807, 2.05) is 6.07 Å². The van der Waals surface area contributed by atoms with E-state index in [4.69, 9.17) is 9.68 Å². The maximum atomic E-state index is 14.6. The SMILES string of the molecule is N#CCCN(Cc1ccco1)C(=O)CSc1nc2ccccc2c(=O)n1-c1ccccc1F. The summed E-state index contributed by atoms with van der Waals surface area (Å²) < 4.78 is 21.1. The number of hydrogen-bond donors (Lipinski definition) is 0. The van der Waals surface area contributed by atoms with Crippen LogP contribution in [0.3, 0.4) is 0 Å². The van der Waals surface area contributed by atoms with Crippen LogP contribution in [0.1, 0.15) is 12.2 Å². The molecule has 0 aliphatic rings. The van der Waals surface area contributed by atoms with Crippen molar-refractivity contribution in [3.05, 3.63) is 88.9 Å². The third kappa shape index (κ3) is 4.96. The number of fused-ring (bicyclic) bond motifs is 1. The van der Waals surface area contributed by atoms with E-state index in [-0.39, 0.29) is 42.0 Å². The Labute approximate surface area is 193 Å². The molecule has 1 amide bonds. The first kappa shape index (κ1) is 22.3. The fourth-order valence-corrected chi connectivity index (χ4v) is 4.25. The topological polar surface area (TPSA) is 92.1 Å². The quantitative estimate of drug-likeness (QED) is 0.289. The number of rotatable bonds is 8. The van der Waals surface area contributed by atoms with E-state index in [0.29, 0.717) is 16.7 Å². The maximum absolute atomic E-state index is 14.6. The molecule has 2 aromatic carbocycles. The first-order valence-electron chi connectivity index (χ1n) is 10.1. The zero-order valence-corrected chi connectivity index (χ0v) is 18.3. The molecule has 0 aliphatic carbocycles. The molecular weight excluding hydrogens is 443 g/mol. The Kier molecular flexibility index (Phi) is 6.86. The normalized spacial score (nSPS) is 10.8. The Bertz CT molecular complexity index is 1380. The molecule has 4 aromatic rings. The smallest absolute Gasteiger partial charge is 0.266 e. The predicted octanol–water partition coefficient (Wildman–Crippen LogP) is 4.15. The molecule has 33 heavy (non-hydrogen) atoms. The van der Waals surface area contributed by atoms with Gasteiger partial charge in [-0.25, -0.2) is 9.37 Å². The highest BCUT2D eigenvalue weighted by Gasteiger charge is 2.20. The number of nitriles is 1. The number of hydrogen-bond acceptors (Lipinski definition) is 6. The molecule has 0 atom stereocenters. The molecule has 7 nitrogen and oxygen atoms in total. The van der Waals surface area contributed by atoms with Crippen LogP contribution in [-0.2, 0) is 11.3 Å². The molecule has 2 aromatic heterocycles. The van der Waals surface area contributed by atoms with Crippen molar-refractivity contribution in [1.82, 2.24) is 14.5 Å². The average Bonchev–Trinajstić information content (AvgIpc) is 3.34. The molecule has 0 N–H and O–H groups in total. The fourth-order valence-electron chi connectivity index (χ4n) is 3.34. The number of nitrogens with zero attached hydrogens (tertiary/aromatic N) is 4. The van der Waals surface area contributed by atoms with Crippen molar-refractivity contribution < 1.29 is 13.6 Å². The molecule has 0 saturated heterocycles. The molecule has 0 saturated carbocycles. The summed E-state index contributed by atoms with van der Waals surface area (Å²) in [5.74, 6) is -0.281. The van der Waals surface area contributed by atoms with Crippen molar-refractivity contribution in [2.45, 2.75) is 18.1 Å². The molecule has 0 radical (unpaired) electrons. The molecule has 0 bridgehead atoms. The van der Waals surface area contributed by atoms with Gasteiger partial charge in [-0.1, -0.05) is 36.0 Å². The zero-order valence-electron chi connectivity index (χ0n) is 17.5. The number of amides is 1. The summed E-state index contributed by atoms with van der Waals surface area (Å²) in [4.78, 5) is 32.3. The summed E-state index contributed by atoms with van der Waals surface area (Å²) >= 11 is 1.04. The monoisotopic (exact) mass is 462 g/mol. The second-order valence-electron chi connectivity index (χ2n) is 7.09. The number of aromatic nitrogens is 2. The number of carbonyl (C=O) groups excluding carboxylic acids is 1. The standard InChI is InChI=1S/C24H19FN4O3S/c25-19-9-2-4-11-21(19)29-23(31)18-8-1-3-10-20(18)27-24(29)33-16-22(30)28(13-6-12-26)15-17-7-5-14-32-17/h1-5,7-11,14H,6,13,15-16H2. The van der Waals surface area contributed by atoms with Gasteiger partial charge >= 0.3 is 0 Å². The third-order valence-corrected chi connectivity index (χ3v) is 5.86. The highest BCUT2D eigenvalue weighted by atomic mass is 32.2. The lowest BCUT2D eigenvalue weighted by atomic mass is 10.2. The van der Waals surface area contributed by atoms with Gasteiger partial charge < -0.3 is 9.32 Å². The van der Waals surface area contributed by atoms with Crippen LogP contribution in [0.5, 0.6) is 0 Å². The van der Waals surface area contributed by atoms with Crippen LogP contribution in [0.4, 0.5) is 4.39 Å². The van der Waals surface area contributed by atoms with Crippen molar-refractivity contribution in [2.24, 2.45) is 0 Å². The minimum atomic E-state index is -0.571. The molecule has 9 heteroatoms. The van der Waals surface area contributed by atoms with Crippen LogP contribution in [0, 0.1) is 17.1 Å². The van der Waals surface area contributed by atoms with Crippen molar-refractivity contribution in [3.8, 4) is 11.8 Å². The molecule has 0 fully saturated rings. The Morgan fingerprint density at radius 2 is 1.94 bits per heavy atom. The number of carbonyl (C=O) groups is 1. The molecule has 166 valence electrons. The first-order chi connectivity index (χ1) is 16.1. The minimum absolute atomic E-state index is 0.0502. The van der Waals surface area contributed by atoms with Crippen LogP contribution in [0.2, 0.25) is 0 Å². The van der Waals surface area contributed by atoms with Crippen molar-refractivity contribution in [1.29, 1.82) is 5.26 Å². The van der Waals surface area contributed by atoms with Crippen LogP contribution in [0.25, 0.3) is 16.6 Å². The van der Waals surface area contributed by atoms with Gasteiger partial charge in [0.1, 0.15) is 11.6 Å². The number of para-hydroxylation sites is 2. The molecule has 0 aliphatic heterocycles. The van der Waals surface area contributed by atoms with E-state index < -0.39 is 11.4 Å². The summed E-state index contributed by atoms with van der Waals surface area (Å²) in [5, 5.41) is 9.51. The van der Waals surface area contributed by atoms with Crippen LogP contribution in [0.15, 0.2) is 81.3 Å². The number of halogens is 1. The molecule has 0 spiro atoms. The summed E-state index contributed by atoms with van der Waals surface area (Å²) in [7, 11) is 0. The van der Waals surface area contributed by atoms with Gasteiger partial charge in [-0.15, -0.1) is 0 Å². The first-order valence-corrected chi connectivity index (χ1v) is 11.1. The predicted molar refractivity (Wildman–Crippen MR) is 122 cm³/mol. The fraction of sp³-hybridized carbons (Fsp3) is 0.167. The zero-order chi connectivity index (χ0) is 23.2. The second-order valence-corrected chi connectivity index (χ2v) is 8.04. The Hall–Kier alpha value is -3.90. The highest BCUT2D eigenvalue weighted by molar-refractivity contribution is 7.99. The van der Waals surface area contributed by atoms with Crippen LogP contribution < -0.4 is 5.56 Å². The van der Waals surface area contributed by atoms with Gasteiger partial charge in [0.15, 0.2) is 5.16 Å². The van der Waals surface area contributed by atoms with E-state index >= 15 is 0 Å². The second kappa shape index (κ2) is 10.1. The molecular formula is C24H19FN4O3S. The minimum Gasteiger partial charge on any atom is -0.467 e. The number of furan rings is 1. The molecule has 2 heterocycles. The van der Waals surface area contributed by atoms with Crippen LogP contribution in [-0.4, -0.2) is 32.7 Å². The summed E-state index contributed by atoms with van der Waals surface area (Å²) in [6.07, 6.45) is 1.69. The van der Waals surface area contributed by atoms with Gasteiger partial charge in [0.25, 0.3) is 5.56 Å². The Morgan fingerprint density at radius 3 is 2.70 bits per heavy atom. The largest absolute Gasteiger partial charge is 0.467 e. The lowest BCUT2D eigenvalue weighted by molar-refractivity contribution is -0.129. The van der Waals surface area contributed by atoms with Gasteiger partial charge in [-0.2, -0.15) is 5.26 Å². The lowest BCUT2D eigenvalue weighted by Gasteiger charge is -2.20. The Morgan fingerprint density at radius 1 is 1.15 bits per heavy atom. The van der Waals surface area contributed by atoms with Gasteiger partial charge in [-0.05, 0) is 36.4 Å². The number of thioether (sulfide) groups is 1. The summed E-state index contributed by atoms with van der Waals surface area (Å²) in [5.41, 5.74) is 0.104. The maximum Gasteiger partial charge on any atom is 0.266 e. The van der Waals surface area contributed by atoms with E-state index in [2.05, 4.69) is 4.98 Å². The van der Waals surface area contributed by atoms with E-state index in [1.165, 1.54) is 33.9 Å². The molecule has 4 rings (SSSR count). The summed E-state index contributed by atoms with van der Waals surface area (Å²) in [6.45, 7) is 0.460. The average molecular weight is 463 g/mol.